The lowest BCUT2D eigenvalue weighted by atomic mass is 10.1. The van der Waals surface area contributed by atoms with Crippen LogP contribution in [0.25, 0.3) is 0 Å². The summed E-state index contributed by atoms with van der Waals surface area (Å²) in [7, 11) is 0. The summed E-state index contributed by atoms with van der Waals surface area (Å²) in [6.07, 6.45) is 8.03. The van der Waals surface area contributed by atoms with Crippen LogP contribution in [0, 0.1) is 5.92 Å². The van der Waals surface area contributed by atoms with Gasteiger partial charge in [0.05, 0.1) is 6.26 Å². The number of aliphatic imine (C=N–C) groups is 1. The number of rotatable bonds is 6. The van der Waals surface area contributed by atoms with Crippen LogP contribution in [0.2, 0.25) is 0 Å². The van der Waals surface area contributed by atoms with Crippen LogP contribution in [-0.2, 0) is 11.2 Å². The van der Waals surface area contributed by atoms with Crippen LogP contribution in [0.15, 0.2) is 27.8 Å². The maximum absolute atomic E-state index is 12.5. The van der Waals surface area contributed by atoms with E-state index in [9.17, 15) is 4.79 Å². The molecule has 2 fully saturated rings. The summed E-state index contributed by atoms with van der Waals surface area (Å²) in [6.45, 7) is 5.22. The van der Waals surface area contributed by atoms with Gasteiger partial charge in [0.2, 0.25) is 5.91 Å². The smallest absolute Gasteiger partial charge is 0.225 e. The number of carbonyl (C=O) groups excluding carboxylic acids is 1. The Morgan fingerprint density at radius 1 is 1.36 bits per heavy atom. The van der Waals surface area contributed by atoms with Gasteiger partial charge in [-0.05, 0) is 38.3 Å². The second-order valence-corrected chi connectivity index (χ2v) is 6.99. The molecule has 3 rings (SSSR count). The van der Waals surface area contributed by atoms with Gasteiger partial charge in [-0.15, -0.1) is 0 Å². The van der Waals surface area contributed by atoms with Gasteiger partial charge in [0.25, 0.3) is 0 Å². The lowest BCUT2D eigenvalue weighted by Crippen LogP contribution is -2.45. The Morgan fingerprint density at radius 2 is 2.20 bits per heavy atom. The van der Waals surface area contributed by atoms with Crippen molar-refractivity contribution in [3.8, 4) is 0 Å². The van der Waals surface area contributed by atoms with Gasteiger partial charge in [0.15, 0.2) is 5.96 Å². The fourth-order valence-electron chi connectivity index (χ4n) is 3.76. The molecular weight excluding hydrogens is 316 g/mol. The monoisotopic (exact) mass is 346 g/mol. The van der Waals surface area contributed by atoms with E-state index in [0.29, 0.717) is 12.5 Å². The molecular formula is C19H30N4O2. The van der Waals surface area contributed by atoms with E-state index >= 15 is 0 Å². The summed E-state index contributed by atoms with van der Waals surface area (Å²) in [5.74, 6) is 2.42. The highest BCUT2D eigenvalue weighted by molar-refractivity contribution is 5.81. The Hall–Kier alpha value is -1.98. The minimum absolute atomic E-state index is 0.272. The first-order valence-corrected chi connectivity index (χ1v) is 9.62. The highest BCUT2D eigenvalue weighted by atomic mass is 16.3. The summed E-state index contributed by atoms with van der Waals surface area (Å²) in [6, 6.07) is 4.16. The first-order valence-electron chi connectivity index (χ1n) is 9.62. The molecule has 2 N–H and O–H groups in total. The normalized spacial score (nSPS) is 21.7. The number of hydrogen-bond acceptors (Lipinski definition) is 3. The molecule has 1 aliphatic carbocycles. The molecule has 0 aromatic carbocycles. The number of nitrogens with zero attached hydrogens (tertiary/aromatic N) is 2. The van der Waals surface area contributed by atoms with E-state index in [1.165, 1.54) is 12.8 Å². The van der Waals surface area contributed by atoms with E-state index < -0.39 is 0 Å². The summed E-state index contributed by atoms with van der Waals surface area (Å²) in [4.78, 5) is 19.2. The number of likely N-dealkylation sites (tertiary alicyclic amines) is 1. The minimum Gasteiger partial charge on any atom is -0.469 e. The first kappa shape index (κ1) is 17.8. The minimum atomic E-state index is 0.272. The summed E-state index contributed by atoms with van der Waals surface area (Å²) in [5.41, 5.74) is 0. The summed E-state index contributed by atoms with van der Waals surface area (Å²) < 4.78 is 5.34. The maximum atomic E-state index is 12.5. The van der Waals surface area contributed by atoms with Crippen molar-refractivity contribution in [3.63, 3.8) is 0 Å². The van der Waals surface area contributed by atoms with Crippen molar-refractivity contribution in [2.45, 2.75) is 51.5 Å². The molecule has 1 atom stereocenters. The standard InChI is InChI=1S/C19H30N4O2/c1-2-20-19(21-11-9-17-8-5-13-25-17)22-16-10-12-23(14-16)18(24)15-6-3-4-7-15/h5,8,13,15-16H,2-4,6-7,9-12,14H2,1H3,(H2,20,21,22). The van der Waals surface area contributed by atoms with Gasteiger partial charge in [-0.3, -0.25) is 9.79 Å². The zero-order valence-electron chi connectivity index (χ0n) is 15.2. The SMILES string of the molecule is CCNC(=NCCc1ccco1)NC1CCN(C(=O)C2CCCC2)C1. The number of nitrogens with one attached hydrogen (secondary N) is 2. The molecule has 0 radical (unpaired) electrons. The Balaban J connectivity index is 1.47. The van der Waals surface area contributed by atoms with E-state index in [1.807, 2.05) is 17.0 Å². The number of carbonyl (C=O) groups is 1. The van der Waals surface area contributed by atoms with Gasteiger partial charge in [0, 0.05) is 44.6 Å². The molecule has 1 saturated heterocycles. The third kappa shape index (κ3) is 5.00. The number of amides is 1. The second-order valence-electron chi connectivity index (χ2n) is 6.99. The second kappa shape index (κ2) is 8.92. The Morgan fingerprint density at radius 3 is 2.92 bits per heavy atom. The van der Waals surface area contributed by atoms with Crippen molar-refractivity contribution in [2.24, 2.45) is 10.9 Å². The summed E-state index contributed by atoms with van der Waals surface area (Å²) in [5, 5.41) is 6.78. The van der Waals surface area contributed by atoms with Crippen LogP contribution in [0.5, 0.6) is 0 Å². The molecule has 1 aromatic heterocycles. The van der Waals surface area contributed by atoms with E-state index in [0.717, 1.165) is 57.0 Å². The zero-order chi connectivity index (χ0) is 17.5. The topological polar surface area (TPSA) is 69.9 Å². The predicted octanol–water partition coefficient (Wildman–Crippen LogP) is 2.17. The molecule has 2 heterocycles. The van der Waals surface area contributed by atoms with Gasteiger partial charge >= 0.3 is 0 Å². The van der Waals surface area contributed by atoms with Crippen LogP contribution in [0.4, 0.5) is 0 Å². The van der Waals surface area contributed by atoms with Crippen LogP contribution >= 0.6 is 0 Å². The highest BCUT2D eigenvalue weighted by Gasteiger charge is 2.32. The van der Waals surface area contributed by atoms with Crippen LogP contribution in [0.3, 0.4) is 0 Å². The summed E-state index contributed by atoms with van der Waals surface area (Å²) >= 11 is 0. The number of furan rings is 1. The first-order chi connectivity index (χ1) is 12.3. The van der Waals surface area contributed by atoms with E-state index in [-0.39, 0.29) is 12.0 Å². The van der Waals surface area contributed by atoms with E-state index in [1.54, 1.807) is 6.26 Å². The number of hydrogen-bond donors (Lipinski definition) is 2. The van der Waals surface area contributed by atoms with E-state index in [2.05, 4.69) is 22.5 Å². The average Bonchev–Trinajstić information content (AvgIpc) is 3.37. The Labute approximate surface area is 150 Å². The maximum Gasteiger partial charge on any atom is 0.225 e. The van der Waals surface area contributed by atoms with Crippen molar-refractivity contribution >= 4 is 11.9 Å². The van der Waals surface area contributed by atoms with Crippen molar-refractivity contribution in [2.75, 3.05) is 26.2 Å². The molecule has 2 aliphatic rings. The molecule has 1 saturated carbocycles. The lowest BCUT2D eigenvalue weighted by molar-refractivity contribution is -0.134. The molecule has 1 unspecified atom stereocenters. The van der Waals surface area contributed by atoms with Crippen molar-refractivity contribution in [3.05, 3.63) is 24.2 Å². The fourth-order valence-corrected chi connectivity index (χ4v) is 3.76. The average molecular weight is 346 g/mol. The Kier molecular flexibility index (Phi) is 6.36. The number of guanidine groups is 1. The molecule has 25 heavy (non-hydrogen) atoms. The van der Waals surface area contributed by atoms with Crippen LogP contribution < -0.4 is 10.6 Å². The molecule has 1 aromatic rings. The van der Waals surface area contributed by atoms with Gasteiger partial charge in [-0.2, -0.15) is 0 Å². The van der Waals surface area contributed by atoms with Gasteiger partial charge in [-0.25, -0.2) is 0 Å². The van der Waals surface area contributed by atoms with Crippen molar-refractivity contribution < 1.29 is 9.21 Å². The largest absolute Gasteiger partial charge is 0.469 e. The fraction of sp³-hybridized carbons (Fsp3) is 0.684. The molecule has 1 amide bonds. The molecule has 1 aliphatic heterocycles. The van der Waals surface area contributed by atoms with E-state index in [4.69, 9.17) is 4.42 Å². The molecule has 6 nitrogen and oxygen atoms in total. The third-order valence-corrected chi connectivity index (χ3v) is 5.10. The highest BCUT2D eigenvalue weighted by Crippen LogP contribution is 2.27. The van der Waals surface area contributed by atoms with Gasteiger partial charge in [-0.1, -0.05) is 12.8 Å². The molecule has 138 valence electrons. The molecule has 0 spiro atoms. The molecule has 0 bridgehead atoms. The lowest BCUT2D eigenvalue weighted by Gasteiger charge is -2.21. The molecule has 6 heteroatoms. The van der Waals surface area contributed by atoms with Crippen molar-refractivity contribution in [1.29, 1.82) is 0 Å². The quantitative estimate of drug-likeness (QED) is 0.612. The third-order valence-electron chi connectivity index (χ3n) is 5.10. The Bertz CT molecular complexity index is 564. The van der Waals surface area contributed by atoms with Gasteiger partial charge < -0.3 is 20.0 Å². The van der Waals surface area contributed by atoms with Crippen LogP contribution in [0.1, 0.15) is 44.8 Å². The zero-order valence-corrected chi connectivity index (χ0v) is 15.2. The predicted molar refractivity (Wildman–Crippen MR) is 98.5 cm³/mol. The van der Waals surface area contributed by atoms with Crippen LogP contribution in [-0.4, -0.2) is 49.0 Å². The van der Waals surface area contributed by atoms with Gasteiger partial charge in [0.1, 0.15) is 5.76 Å². The van der Waals surface area contributed by atoms with Crippen molar-refractivity contribution in [1.82, 2.24) is 15.5 Å².